The van der Waals surface area contributed by atoms with Crippen LogP contribution in [0.3, 0.4) is 0 Å². The van der Waals surface area contributed by atoms with Crippen molar-refractivity contribution in [2.24, 2.45) is 0 Å². The Balaban J connectivity index is 2.87. The third kappa shape index (κ3) is 3.16. The minimum atomic E-state index is -0.913. The summed E-state index contributed by atoms with van der Waals surface area (Å²) in [5, 5.41) is 8.47. The summed E-state index contributed by atoms with van der Waals surface area (Å²) in [6.45, 7) is 1.28. The Morgan fingerprint density at radius 2 is 2.07 bits per heavy atom. The van der Waals surface area contributed by atoms with Crippen molar-refractivity contribution < 1.29 is 19.1 Å². The Morgan fingerprint density at radius 1 is 1.40 bits per heavy atom. The highest BCUT2D eigenvalue weighted by Crippen LogP contribution is 2.12. The molecule has 3 nitrogen and oxygen atoms in total. The molecule has 0 amide bonds. The zero-order valence-corrected chi connectivity index (χ0v) is 8.29. The number of carboxylic acids is 1. The maximum Gasteiger partial charge on any atom is 0.303 e. The van der Waals surface area contributed by atoms with Crippen LogP contribution in [0.15, 0.2) is 18.2 Å². The number of hydrogen-bond donors (Lipinski definition) is 1. The van der Waals surface area contributed by atoms with Gasteiger partial charge in [0.05, 0.1) is 5.56 Å². The SMILES string of the molecule is CC(=O)c1cc(CCC(=O)O)ccc1F. The summed E-state index contributed by atoms with van der Waals surface area (Å²) in [4.78, 5) is 21.3. The fourth-order valence-corrected chi connectivity index (χ4v) is 1.25. The molecule has 0 aromatic heterocycles. The molecule has 0 aliphatic heterocycles. The highest BCUT2D eigenvalue weighted by molar-refractivity contribution is 5.94. The topological polar surface area (TPSA) is 54.4 Å². The second-order valence-corrected chi connectivity index (χ2v) is 3.26. The number of rotatable bonds is 4. The minimum absolute atomic E-state index is 0.0119. The highest BCUT2D eigenvalue weighted by atomic mass is 19.1. The fraction of sp³-hybridized carbons (Fsp3) is 0.273. The van der Waals surface area contributed by atoms with Crippen molar-refractivity contribution in [3.63, 3.8) is 0 Å². The van der Waals surface area contributed by atoms with Gasteiger partial charge < -0.3 is 5.11 Å². The lowest BCUT2D eigenvalue weighted by molar-refractivity contribution is -0.136. The Kier molecular flexibility index (Phi) is 3.55. The van der Waals surface area contributed by atoms with Gasteiger partial charge in [-0.2, -0.15) is 0 Å². The molecule has 0 spiro atoms. The minimum Gasteiger partial charge on any atom is -0.481 e. The van der Waals surface area contributed by atoms with Gasteiger partial charge in [-0.3, -0.25) is 9.59 Å². The predicted molar refractivity (Wildman–Crippen MR) is 52.4 cm³/mol. The van der Waals surface area contributed by atoms with E-state index in [1.165, 1.54) is 25.1 Å². The number of carboxylic acid groups (broad SMARTS) is 1. The second kappa shape index (κ2) is 4.68. The lowest BCUT2D eigenvalue weighted by Gasteiger charge is -2.02. The van der Waals surface area contributed by atoms with Gasteiger partial charge in [0.1, 0.15) is 5.82 Å². The quantitative estimate of drug-likeness (QED) is 0.774. The first-order chi connectivity index (χ1) is 7.00. The molecule has 1 rings (SSSR count). The normalized spacial score (nSPS) is 10.0. The molecule has 4 heteroatoms. The Bertz CT molecular complexity index is 399. The third-order valence-electron chi connectivity index (χ3n) is 2.04. The molecule has 1 aromatic carbocycles. The van der Waals surface area contributed by atoms with Crippen molar-refractivity contribution in [2.75, 3.05) is 0 Å². The molecule has 0 heterocycles. The van der Waals surface area contributed by atoms with Gasteiger partial charge in [-0.05, 0) is 31.0 Å². The molecule has 0 bridgehead atoms. The number of Topliss-reactive ketones (excluding diaryl/α,β-unsaturated/α-hetero) is 1. The van der Waals surface area contributed by atoms with Crippen LogP contribution in [0.25, 0.3) is 0 Å². The van der Waals surface area contributed by atoms with E-state index in [2.05, 4.69) is 0 Å². The highest BCUT2D eigenvalue weighted by Gasteiger charge is 2.08. The van der Waals surface area contributed by atoms with E-state index >= 15 is 0 Å². The van der Waals surface area contributed by atoms with Crippen molar-refractivity contribution in [1.82, 2.24) is 0 Å². The van der Waals surface area contributed by atoms with Crippen LogP contribution in [0.4, 0.5) is 4.39 Å². The van der Waals surface area contributed by atoms with E-state index in [1.54, 1.807) is 0 Å². The van der Waals surface area contributed by atoms with E-state index in [1.807, 2.05) is 0 Å². The molecule has 0 atom stereocenters. The molecule has 0 radical (unpaired) electrons. The Hall–Kier alpha value is -1.71. The van der Waals surface area contributed by atoms with Crippen LogP contribution >= 0.6 is 0 Å². The van der Waals surface area contributed by atoms with E-state index in [0.29, 0.717) is 12.0 Å². The van der Waals surface area contributed by atoms with Crippen LogP contribution in [-0.4, -0.2) is 16.9 Å². The van der Waals surface area contributed by atoms with Gasteiger partial charge in [-0.25, -0.2) is 4.39 Å². The zero-order valence-electron chi connectivity index (χ0n) is 8.29. The average molecular weight is 210 g/mol. The first-order valence-corrected chi connectivity index (χ1v) is 4.52. The molecule has 15 heavy (non-hydrogen) atoms. The fourth-order valence-electron chi connectivity index (χ4n) is 1.25. The first-order valence-electron chi connectivity index (χ1n) is 4.52. The molecular formula is C11H11FO3. The number of carbonyl (C=O) groups is 2. The van der Waals surface area contributed by atoms with Crippen LogP contribution < -0.4 is 0 Å². The number of ketones is 1. The molecule has 0 saturated carbocycles. The number of aliphatic carboxylic acids is 1. The van der Waals surface area contributed by atoms with Gasteiger partial charge in [0.2, 0.25) is 0 Å². The maximum atomic E-state index is 13.1. The Labute approximate surface area is 86.5 Å². The Morgan fingerprint density at radius 3 is 2.60 bits per heavy atom. The van der Waals surface area contributed by atoms with Crippen molar-refractivity contribution in [3.8, 4) is 0 Å². The van der Waals surface area contributed by atoms with Crippen LogP contribution in [0.2, 0.25) is 0 Å². The molecule has 0 aliphatic rings. The molecule has 80 valence electrons. The summed E-state index contributed by atoms with van der Waals surface area (Å²) in [5.74, 6) is -1.84. The molecule has 1 N–H and O–H groups in total. The number of benzene rings is 1. The largest absolute Gasteiger partial charge is 0.481 e. The van der Waals surface area contributed by atoms with Gasteiger partial charge >= 0.3 is 5.97 Å². The van der Waals surface area contributed by atoms with E-state index < -0.39 is 11.8 Å². The zero-order chi connectivity index (χ0) is 11.4. The van der Waals surface area contributed by atoms with E-state index in [4.69, 9.17) is 5.11 Å². The summed E-state index contributed by atoms with van der Waals surface area (Å²) in [6.07, 6.45) is 0.277. The summed E-state index contributed by atoms with van der Waals surface area (Å²) in [7, 11) is 0. The molecule has 0 fully saturated rings. The van der Waals surface area contributed by atoms with Crippen molar-refractivity contribution in [3.05, 3.63) is 35.1 Å². The van der Waals surface area contributed by atoms with E-state index in [9.17, 15) is 14.0 Å². The molecule has 0 aliphatic carbocycles. The van der Waals surface area contributed by atoms with Crippen LogP contribution in [-0.2, 0) is 11.2 Å². The number of carbonyl (C=O) groups excluding carboxylic acids is 1. The monoisotopic (exact) mass is 210 g/mol. The molecule has 0 unspecified atom stereocenters. The van der Waals surface area contributed by atoms with E-state index in [-0.39, 0.29) is 17.8 Å². The van der Waals surface area contributed by atoms with Crippen LogP contribution in [0.5, 0.6) is 0 Å². The van der Waals surface area contributed by atoms with Gasteiger partial charge in [0, 0.05) is 6.42 Å². The van der Waals surface area contributed by atoms with Crippen LogP contribution in [0, 0.1) is 5.82 Å². The lowest BCUT2D eigenvalue weighted by atomic mass is 10.0. The number of hydrogen-bond acceptors (Lipinski definition) is 2. The smallest absolute Gasteiger partial charge is 0.303 e. The van der Waals surface area contributed by atoms with Crippen molar-refractivity contribution >= 4 is 11.8 Å². The summed E-state index contributed by atoms with van der Waals surface area (Å²) in [6, 6.07) is 4.08. The van der Waals surface area contributed by atoms with Gasteiger partial charge in [-0.1, -0.05) is 6.07 Å². The van der Waals surface area contributed by atoms with Crippen LogP contribution in [0.1, 0.15) is 29.3 Å². The first kappa shape index (κ1) is 11.4. The molecular weight excluding hydrogens is 199 g/mol. The summed E-state index contributed by atoms with van der Waals surface area (Å²) in [5.41, 5.74) is 0.668. The van der Waals surface area contributed by atoms with E-state index in [0.717, 1.165) is 0 Å². The maximum absolute atomic E-state index is 13.1. The second-order valence-electron chi connectivity index (χ2n) is 3.26. The molecule has 1 aromatic rings. The van der Waals surface area contributed by atoms with Crippen molar-refractivity contribution in [2.45, 2.75) is 19.8 Å². The number of halogens is 1. The van der Waals surface area contributed by atoms with Gasteiger partial charge in [0.15, 0.2) is 5.78 Å². The number of aryl methyl sites for hydroxylation is 1. The summed E-state index contributed by atoms with van der Waals surface area (Å²) < 4.78 is 13.1. The predicted octanol–water partition coefficient (Wildman–Crippen LogP) is 2.05. The lowest BCUT2D eigenvalue weighted by Crippen LogP contribution is -2.01. The molecule has 0 saturated heterocycles. The average Bonchev–Trinajstić information content (AvgIpc) is 2.16. The summed E-state index contributed by atoms with van der Waals surface area (Å²) >= 11 is 0. The standard InChI is InChI=1S/C11H11FO3/c1-7(13)9-6-8(2-4-10(9)12)3-5-11(14)15/h2,4,6H,3,5H2,1H3,(H,14,15). The van der Waals surface area contributed by atoms with Gasteiger partial charge in [-0.15, -0.1) is 0 Å². The third-order valence-corrected chi connectivity index (χ3v) is 2.04. The van der Waals surface area contributed by atoms with Crippen molar-refractivity contribution in [1.29, 1.82) is 0 Å². The van der Waals surface area contributed by atoms with Gasteiger partial charge in [0.25, 0.3) is 0 Å².